The van der Waals surface area contributed by atoms with Gasteiger partial charge in [0.25, 0.3) is 0 Å². The van der Waals surface area contributed by atoms with Crippen molar-refractivity contribution >= 4 is 34.1 Å². The molecule has 5 nitrogen and oxygen atoms in total. The molecule has 0 radical (unpaired) electrons. The zero-order chi connectivity index (χ0) is 12.9. The lowest BCUT2D eigenvalue weighted by atomic mass is 10.1. The standard InChI is InChI=1S/C10H18N4OS2/c1-5-11-8-13-14-9(17-8)16-6-7(15)12-10(2,3)4/h5-6H2,1-4H3,(H,11,13)(H,12,15). The van der Waals surface area contributed by atoms with Gasteiger partial charge < -0.3 is 10.6 Å². The van der Waals surface area contributed by atoms with E-state index in [9.17, 15) is 4.79 Å². The van der Waals surface area contributed by atoms with Gasteiger partial charge in [0.15, 0.2) is 4.34 Å². The minimum atomic E-state index is -0.187. The van der Waals surface area contributed by atoms with E-state index >= 15 is 0 Å². The van der Waals surface area contributed by atoms with Crippen molar-refractivity contribution in [1.82, 2.24) is 15.5 Å². The van der Waals surface area contributed by atoms with Gasteiger partial charge in [0, 0.05) is 12.1 Å². The molecule has 7 heteroatoms. The molecule has 0 fully saturated rings. The summed E-state index contributed by atoms with van der Waals surface area (Å²) in [5.41, 5.74) is -0.187. The lowest BCUT2D eigenvalue weighted by Crippen LogP contribution is -2.41. The fourth-order valence-corrected chi connectivity index (χ4v) is 2.69. The Bertz CT molecular complexity index is 373. The molecular weight excluding hydrogens is 256 g/mol. The number of carbonyl (C=O) groups excluding carboxylic acids is 1. The summed E-state index contributed by atoms with van der Waals surface area (Å²) >= 11 is 2.88. The molecule has 0 saturated carbocycles. The number of nitrogens with zero attached hydrogens (tertiary/aromatic N) is 2. The molecule has 1 amide bonds. The zero-order valence-electron chi connectivity index (χ0n) is 10.5. The van der Waals surface area contributed by atoms with Crippen molar-refractivity contribution in [3.63, 3.8) is 0 Å². The molecule has 1 aromatic rings. The Kier molecular flexibility index (Phi) is 5.20. The summed E-state index contributed by atoms with van der Waals surface area (Å²) in [7, 11) is 0. The number of anilines is 1. The summed E-state index contributed by atoms with van der Waals surface area (Å²) in [4.78, 5) is 11.6. The minimum absolute atomic E-state index is 0.0164. The molecule has 1 heterocycles. The van der Waals surface area contributed by atoms with Gasteiger partial charge in [-0.3, -0.25) is 4.79 Å². The van der Waals surface area contributed by atoms with Crippen LogP contribution in [-0.4, -0.2) is 33.9 Å². The van der Waals surface area contributed by atoms with Crippen LogP contribution in [0.5, 0.6) is 0 Å². The van der Waals surface area contributed by atoms with Crippen molar-refractivity contribution in [2.75, 3.05) is 17.6 Å². The van der Waals surface area contributed by atoms with E-state index < -0.39 is 0 Å². The van der Waals surface area contributed by atoms with Crippen LogP contribution in [0, 0.1) is 0 Å². The smallest absolute Gasteiger partial charge is 0.230 e. The molecule has 1 aromatic heterocycles. The number of nitrogens with one attached hydrogen (secondary N) is 2. The van der Waals surface area contributed by atoms with Crippen molar-refractivity contribution in [2.45, 2.75) is 37.6 Å². The Morgan fingerprint density at radius 2 is 2.12 bits per heavy atom. The van der Waals surface area contributed by atoms with E-state index in [1.165, 1.54) is 23.1 Å². The SMILES string of the molecule is CCNc1nnc(SCC(=O)NC(C)(C)C)s1. The molecule has 0 unspecified atom stereocenters. The first kappa shape index (κ1) is 14.2. The Hall–Kier alpha value is -0.820. The van der Waals surface area contributed by atoms with Gasteiger partial charge in [0.05, 0.1) is 5.75 Å². The van der Waals surface area contributed by atoms with Gasteiger partial charge in [-0.15, -0.1) is 10.2 Å². The van der Waals surface area contributed by atoms with Gasteiger partial charge in [-0.25, -0.2) is 0 Å². The number of carbonyl (C=O) groups is 1. The first-order valence-corrected chi connectivity index (χ1v) is 7.22. The average molecular weight is 274 g/mol. The summed E-state index contributed by atoms with van der Waals surface area (Å²) in [6, 6.07) is 0. The number of rotatable bonds is 5. The third kappa shape index (κ3) is 5.88. The van der Waals surface area contributed by atoms with E-state index in [2.05, 4.69) is 20.8 Å². The summed E-state index contributed by atoms with van der Waals surface area (Å²) < 4.78 is 0.810. The second-order valence-corrected chi connectivity index (χ2v) is 6.69. The Labute approximate surface area is 110 Å². The van der Waals surface area contributed by atoms with E-state index in [1.54, 1.807) is 0 Å². The Morgan fingerprint density at radius 1 is 1.41 bits per heavy atom. The van der Waals surface area contributed by atoms with Crippen molar-refractivity contribution in [1.29, 1.82) is 0 Å². The fraction of sp³-hybridized carbons (Fsp3) is 0.700. The lowest BCUT2D eigenvalue weighted by Gasteiger charge is -2.19. The molecule has 96 valence electrons. The molecule has 2 N–H and O–H groups in total. The Balaban J connectivity index is 2.37. The minimum Gasteiger partial charge on any atom is -0.360 e. The molecule has 1 rings (SSSR count). The fourth-order valence-electron chi connectivity index (χ4n) is 1.07. The monoisotopic (exact) mass is 274 g/mol. The van der Waals surface area contributed by atoms with Gasteiger partial charge >= 0.3 is 0 Å². The molecule has 0 aliphatic heterocycles. The van der Waals surface area contributed by atoms with Crippen molar-refractivity contribution in [2.24, 2.45) is 0 Å². The lowest BCUT2D eigenvalue weighted by molar-refractivity contribution is -0.119. The maximum absolute atomic E-state index is 11.6. The number of amides is 1. The molecule has 0 aliphatic rings. The summed E-state index contributed by atoms with van der Waals surface area (Å²) in [6.07, 6.45) is 0. The van der Waals surface area contributed by atoms with Crippen molar-refractivity contribution < 1.29 is 4.79 Å². The number of thioether (sulfide) groups is 1. The van der Waals surface area contributed by atoms with Gasteiger partial charge in [-0.05, 0) is 27.7 Å². The molecule has 0 aliphatic carbocycles. The van der Waals surface area contributed by atoms with E-state index in [1.807, 2.05) is 27.7 Å². The Morgan fingerprint density at radius 3 is 2.71 bits per heavy atom. The maximum atomic E-state index is 11.6. The highest BCUT2D eigenvalue weighted by Crippen LogP contribution is 2.25. The van der Waals surface area contributed by atoms with E-state index in [4.69, 9.17) is 0 Å². The molecule has 0 atom stereocenters. The number of hydrogen-bond donors (Lipinski definition) is 2. The topological polar surface area (TPSA) is 66.9 Å². The van der Waals surface area contributed by atoms with E-state index in [0.29, 0.717) is 5.75 Å². The first-order valence-electron chi connectivity index (χ1n) is 5.42. The van der Waals surface area contributed by atoms with Crippen LogP contribution < -0.4 is 10.6 Å². The largest absolute Gasteiger partial charge is 0.360 e. The van der Waals surface area contributed by atoms with Gasteiger partial charge in [-0.2, -0.15) is 0 Å². The average Bonchev–Trinajstić information content (AvgIpc) is 2.61. The van der Waals surface area contributed by atoms with Crippen molar-refractivity contribution in [3.05, 3.63) is 0 Å². The number of aromatic nitrogens is 2. The third-order valence-electron chi connectivity index (χ3n) is 1.58. The van der Waals surface area contributed by atoms with Gasteiger partial charge in [0.2, 0.25) is 11.0 Å². The highest BCUT2D eigenvalue weighted by atomic mass is 32.2. The van der Waals surface area contributed by atoms with Gasteiger partial charge in [-0.1, -0.05) is 23.1 Å². The normalized spacial score (nSPS) is 11.3. The van der Waals surface area contributed by atoms with Crippen molar-refractivity contribution in [3.8, 4) is 0 Å². The summed E-state index contributed by atoms with van der Waals surface area (Å²) in [6.45, 7) is 8.71. The van der Waals surface area contributed by atoms with Crippen LogP contribution in [-0.2, 0) is 4.79 Å². The zero-order valence-corrected chi connectivity index (χ0v) is 12.2. The van der Waals surface area contributed by atoms with E-state index in [-0.39, 0.29) is 11.4 Å². The maximum Gasteiger partial charge on any atom is 0.230 e. The van der Waals surface area contributed by atoms with E-state index in [0.717, 1.165) is 16.0 Å². The highest BCUT2D eigenvalue weighted by Gasteiger charge is 2.14. The first-order chi connectivity index (χ1) is 7.90. The quantitative estimate of drug-likeness (QED) is 0.804. The second-order valence-electron chi connectivity index (χ2n) is 4.49. The van der Waals surface area contributed by atoms with Crippen LogP contribution in [0.4, 0.5) is 5.13 Å². The molecular formula is C10H18N4OS2. The molecule has 0 spiro atoms. The van der Waals surface area contributed by atoms with Crippen LogP contribution in [0.25, 0.3) is 0 Å². The molecule has 17 heavy (non-hydrogen) atoms. The van der Waals surface area contributed by atoms with Gasteiger partial charge in [0.1, 0.15) is 0 Å². The summed E-state index contributed by atoms with van der Waals surface area (Å²) in [5, 5.41) is 14.7. The predicted octanol–water partition coefficient (Wildman–Crippen LogP) is 1.98. The highest BCUT2D eigenvalue weighted by molar-refractivity contribution is 8.01. The summed E-state index contributed by atoms with van der Waals surface area (Å²) in [5.74, 6) is 0.389. The third-order valence-corrected chi connectivity index (χ3v) is 3.59. The van der Waals surface area contributed by atoms with Crippen LogP contribution in [0.3, 0.4) is 0 Å². The molecule has 0 bridgehead atoms. The van der Waals surface area contributed by atoms with Crippen LogP contribution in [0.1, 0.15) is 27.7 Å². The predicted molar refractivity (Wildman–Crippen MR) is 72.7 cm³/mol. The molecule has 0 aromatic carbocycles. The molecule has 0 saturated heterocycles. The van der Waals surface area contributed by atoms with Crippen LogP contribution >= 0.6 is 23.1 Å². The van der Waals surface area contributed by atoms with Crippen LogP contribution in [0.15, 0.2) is 4.34 Å². The second kappa shape index (κ2) is 6.20. The number of hydrogen-bond acceptors (Lipinski definition) is 6. The van der Waals surface area contributed by atoms with Crippen LogP contribution in [0.2, 0.25) is 0 Å².